The maximum atomic E-state index is 11.5. The number of nitrogens with zero attached hydrogens (tertiary/aromatic N) is 1. The molecule has 0 bridgehead atoms. The molecule has 0 atom stereocenters. The number of anilines is 1. The fourth-order valence-electron chi connectivity index (χ4n) is 1.66. The van der Waals surface area contributed by atoms with Crippen molar-refractivity contribution in [3.05, 3.63) is 46.9 Å². The Labute approximate surface area is 125 Å². The van der Waals surface area contributed by atoms with Gasteiger partial charge in [0.1, 0.15) is 5.69 Å². The van der Waals surface area contributed by atoms with E-state index in [1.807, 2.05) is 19.1 Å². The first-order valence-electron chi connectivity index (χ1n) is 5.89. The van der Waals surface area contributed by atoms with Crippen LogP contribution < -0.4 is 5.32 Å². The van der Waals surface area contributed by atoms with Crippen LogP contribution in [0, 0.1) is 6.92 Å². The summed E-state index contributed by atoms with van der Waals surface area (Å²) in [6, 6.07) is 7.10. The number of hydrogen-bond acceptors (Lipinski definition) is 5. The van der Waals surface area contributed by atoms with Gasteiger partial charge in [0.05, 0.1) is 4.91 Å². The summed E-state index contributed by atoms with van der Waals surface area (Å²) in [6.45, 7) is 5.25. The van der Waals surface area contributed by atoms with Gasteiger partial charge in [0.2, 0.25) is 5.88 Å². The predicted molar refractivity (Wildman–Crippen MR) is 80.4 cm³/mol. The van der Waals surface area contributed by atoms with Crippen molar-refractivity contribution in [2.45, 2.75) is 6.92 Å². The number of amides is 1. The first kappa shape index (κ1) is 14.9. The van der Waals surface area contributed by atoms with Gasteiger partial charge in [-0.25, -0.2) is 4.79 Å². The minimum Gasteiger partial charge on any atom is -0.477 e. The third kappa shape index (κ3) is 3.14. The molecule has 0 aliphatic heterocycles. The van der Waals surface area contributed by atoms with Gasteiger partial charge in [-0.3, -0.25) is 10.1 Å². The van der Waals surface area contributed by atoms with Crippen LogP contribution in [0.2, 0.25) is 0 Å². The van der Waals surface area contributed by atoms with Gasteiger partial charge in [-0.15, -0.1) is 12.6 Å². The number of carboxylic acids is 1. The fraction of sp³-hybridized carbons (Fsp3) is 0.0714. The van der Waals surface area contributed by atoms with E-state index in [4.69, 9.17) is 4.52 Å². The molecule has 21 heavy (non-hydrogen) atoms. The lowest BCUT2D eigenvalue weighted by Crippen LogP contribution is -2.13. The molecule has 0 unspecified atom stereocenters. The number of nitrogens with one attached hydrogen (secondary N) is 1. The smallest absolute Gasteiger partial charge is 0.343 e. The summed E-state index contributed by atoms with van der Waals surface area (Å²) in [4.78, 5) is 22.8. The van der Waals surface area contributed by atoms with Gasteiger partial charge in [-0.2, -0.15) is 0 Å². The number of aryl methyl sites for hydroxylation is 1. The van der Waals surface area contributed by atoms with Crippen LogP contribution in [0.3, 0.4) is 0 Å². The number of aromatic carboxylic acids is 1. The van der Waals surface area contributed by atoms with Crippen LogP contribution in [0.1, 0.15) is 15.9 Å². The predicted octanol–water partition coefficient (Wildman–Crippen LogP) is 2.73. The summed E-state index contributed by atoms with van der Waals surface area (Å²) in [5.41, 5.74) is 1.52. The van der Waals surface area contributed by atoms with E-state index < -0.39 is 11.9 Å². The highest BCUT2D eigenvalue weighted by molar-refractivity contribution is 7.85. The topological polar surface area (TPSA) is 92.4 Å². The van der Waals surface area contributed by atoms with Crippen molar-refractivity contribution in [2.75, 3.05) is 5.32 Å². The maximum absolute atomic E-state index is 11.5. The number of thiol groups is 1. The van der Waals surface area contributed by atoms with Crippen LogP contribution in [0.25, 0.3) is 11.3 Å². The van der Waals surface area contributed by atoms with E-state index in [-0.39, 0.29) is 22.0 Å². The third-order valence-corrected chi connectivity index (χ3v) is 2.92. The molecule has 0 fully saturated rings. The van der Waals surface area contributed by atoms with E-state index >= 15 is 0 Å². The summed E-state index contributed by atoms with van der Waals surface area (Å²) < 4.78 is 4.92. The molecule has 0 aliphatic carbocycles. The summed E-state index contributed by atoms with van der Waals surface area (Å²) in [7, 11) is 0. The molecule has 0 radical (unpaired) electrons. The number of carboxylic acid groups (broad SMARTS) is 1. The first-order chi connectivity index (χ1) is 9.90. The Kier molecular flexibility index (Phi) is 4.13. The molecule has 0 aliphatic rings. The van der Waals surface area contributed by atoms with Crippen LogP contribution in [-0.2, 0) is 4.79 Å². The van der Waals surface area contributed by atoms with E-state index in [0.29, 0.717) is 5.56 Å². The highest BCUT2D eigenvalue weighted by Crippen LogP contribution is 2.29. The Balaban J connectivity index is 2.46. The van der Waals surface area contributed by atoms with Crippen molar-refractivity contribution in [1.82, 2.24) is 5.16 Å². The van der Waals surface area contributed by atoms with Gasteiger partial charge >= 0.3 is 5.97 Å². The van der Waals surface area contributed by atoms with Crippen molar-refractivity contribution in [2.24, 2.45) is 0 Å². The minimum absolute atomic E-state index is 0.0698. The van der Waals surface area contributed by atoms with Gasteiger partial charge in [-0.1, -0.05) is 41.6 Å². The van der Waals surface area contributed by atoms with Crippen LogP contribution in [0.15, 0.2) is 40.3 Å². The molecule has 1 amide bonds. The maximum Gasteiger partial charge on any atom is 0.343 e. The first-order valence-corrected chi connectivity index (χ1v) is 6.34. The average Bonchev–Trinajstić information content (AvgIpc) is 2.83. The normalized spacial score (nSPS) is 10.2. The largest absolute Gasteiger partial charge is 0.477 e. The Morgan fingerprint density at radius 2 is 1.95 bits per heavy atom. The van der Waals surface area contributed by atoms with Crippen molar-refractivity contribution in [3.8, 4) is 11.3 Å². The van der Waals surface area contributed by atoms with E-state index in [2.05, 4.69) is 29.7 Å². The second-order valence-electron chi connectivity index (χ2n) is 4.31. The zero-order chi connectivity index (χ0) is 15.6. The zero-order valence-electron chi connectivity index (χ0n) is 11.1. The van der Waals surface area contributed by atoms with Gasteiger partial charge in [-0.05, 0) is 6.92 Å². The minimum atomic E-state index is -1.26. The number of hydrogen-bond donors (Lipinski definition) is 3. The van der Waals surface area contributed by atoms with Gasteiger partial charge in [0, 0.05) is 5.56 Å². The molecule has 2 aromatic rings. The van der Waals surface area contributed by atoms with Crippen LogP contribution in [-0.4, -0.2) is 22.1 Å². The van der Waals surface area contributed by atoms with Gasteiger partial charge in [0.25, 0.3) is 5.91 Å². The van der Waals surface area contributed by atoms with Crippen LogP contribution in [0.5, 0.6) is 0 Å². The number of carbonyl (C=O) groups is 2. The Bertz CT molecular complexity index is 719. The Hall–Kier alpha value is -2.54. The Morgan fingerprint density at radius 1 is 1.33 bits per heavy atom. The number of aromatic nitrogens is 1. The Morgan fingerprint density at radius 3 is 2.48 bits per heavy atom. The molecule has 0 saturated carbocycles. The molecular weight excluding hydrogens is 292 g/mol. The second kappa shape index (κ2) is 5.84. The summed E-state index contributed by atoms with van der Waals surface area (Å²) >= 11 is 3.78. The fourth-order valence-corrected chi connectivity index (χ4v) is 1.71. The highest BCUT2D eigenvalue weighted by Gasteiger charge is 2.25. The molecule has 1 aromatic carbocycles. The van der Waals surface area contributed by atoms with Crippen LogP contribution >= 0.6 is 12.6 Å². The zero-order valence-corrected chi connectivity index (χ0v) is 12.0. The molecule has 2 rings (SSSR count). The third-order valence-electron chi connectivity index (χ3n) is 2.72. The van der Waals surface area contributed by atoms with Crippen molar-refractivity contribution in [3.63, 3.8) is 0 Å². The molecule has 6 nitrogen and oxygen atoms in total. The molecule has 0 saturated heterocycles. The highest BCUT2D eigenvalue weighted by atomic mass is 32.1. The number of carbonyl (C=O) groups excluding carboxylic acids is 1. The average molecular weight is 304 g/mol. The lowest BCUT2D eigenvalue weighted by Gasteiger charge is -2.02. The lowest BCUT2D eigenvalue weighted by molar-refractivity contribution is -0.112. The number of benzene rings is 1. The van der Waals surface area contributed by atoms with Gasteiger partial charge in [0.15, 0.2) is 5.56 Å². The van der Waals surface area contributed by atoms with Crippen LogP contribution in [0.4, 0.5) is 5.88 Å². The molecule has 108 valence electrons. The van der Waals surface area contributed by atoms with Gasteiger partial charge < -0.3 is 9.63 Å². The van der Waals surface area contributed by atoms with Crippen molar-refractivity contribution in [1.29, 1.82) is 0 Å². The summed E-state index contributed by atoms with van der Waals surface area (Å²) in [5.74, 6) is -2.17. The standard InChI is InChI=1S/C14H12N2O4S/c1-7-3-5-9(6-4-7)11-10(14(18)19)13(20-16-11)15-12(17)8(2)21/h3-6,21H,2H2,1H3,(H,15,17)(H,18,19). The van der Waals surface area contributed by atoms with E-state index in [9.17, 15) is 14.7 Å². The van der Waals surface area contributed by atoms with Crippen molar-refractivity contribution < 1.29 is 19.2 Å². The number of rotatable bonds is 4. The summed E-state index contributed by atoms with van der Waals surface area (Å²) in [5, 5.41) is 15.3. The summed E-state index contributed by atoms with van der Waals surface area (Å²) in [6.07, 6.45) is 0. The second-order valence-corrected chi connectivity index (χ2v) is 4.85. The van der Waals surface area contributed by atoms with E-state index in [0.717, 1.165) is 5.56 Å². The monoisotopic (exact) mass is 304 g/mol. The molecule has 1 heterocycles. The lowest BCUT2D eigenvalue weighted by atomic mass is 10.1. The SMILES string of the molecule is C=C(S)C(=O)Nc1onc(-c2ccc(C)cc2)c1C(=O)O. The van der Waals surface area contributed by atoms with Crippen molar-refractivity contribution >= 4 is 30.4 Å². The molecule has 2 N–H and O–H groups in total. The molecular formula is C14H12N2O4S. The quantitative estimate of drug-likeness (QED) is 0.596. The van der Waals surface area contributed by atoms with E-state index in [1.54, 1.807) is 12.1 Å². The molecule has 1 aromatic heterocycles. The van der Waals surface area contributed by atoms with E-state index in [1.165, 1.54) is 0 Å². The molecule has 0 spiro atoms. The molecule has 7 heteroatoms.